The second-order valence-corrected chi connectivity index (χ2v) is 6.60. The van der Waals surface area contributed by atoms with E-state index in [9.17, 15) is 9.18 Å². The van der Waals surface area contributed by atoms with Crippen LogP contribution in [-0.2, 0) is 6.54 Å². The number of aromatic nitrogens is 1. The molecule has 1 aliphatic rings. The van der Waals surface area contributed by atoms with Crippen LogP contribution in [0.1, 0.15) is 16.8 Å². The van der Waals surface area contributed by atoms with Crippen LogP contribution in [0.15, 0.2) is 35.4 Å². The van der Waals surface area contributed by atoms with Crippen LogP contribution in [0.2, 0.25) is 0 Å². The molecule has 120 valence electrons. The van der Waals surface area contributed by atoms with Crippen LogP contribution in [0.4, 0.5) is 14.9 Å². The van der Waals surface area contributed by atoms with Crippen molar-refractivity contribution in [1.82, 2.24) is 10.3 Å². The second-order valence-electron chi connectivity index (χ2n) is 5.52. The first-order chi connectivity index (χ1) is 11.0. The van der Waals surface area contributed by atoms with E-state index in [4.69, 9.17) is 0 Å². The van der Waals surface area contributed by atoms with Gasteiger partial charge in [0.2, 0.25) is 0 Å². The first-order valence-electron chi connectivity index (χ1n) is 7.45. The number of benzene rings is 1. The number of aryl methyl sites for hydroxylation is 2. The summed E-state index contributed by atoms with van der Waals surface area (Å²) in [5, 5.41) is 3.81. The molecule has 6 heteroatoms. The molecule has 0 bridgehead atoms. The molecule has 0 saturated heterocycles. The van der Waals surface area contributed by atoms with E-state index in [1.165, 1.54) is 12.1 Å². The minimum absolute atomic E-state index is 0.148. The lowest BCUT2D eigenvalue weighted by Crippen LogP contribution is -2.43. The average Bonchev–Trinajstić information content (AvgIpc) is 2.53. The largest absolute Gasteiger partial charge is 0.334 e. The number of anilines is 1. The van der Waals surface area contributed by atoms with Crippen molar-refractivity contribution in [3.63, 3.8) is 0 Å². The molecule has 1 aromatic heterocycles. The van der Waals surface area contributed by atoms with Crippen LogP contribution in [0.5, 0.6) is 0 Å². The van der Waals surface area contributed by atoms with Gasteiger partial charge >= 0.3 is 6.03 Å². The van der Waals surface area contributed by atoms with E-state index in [2.05, 4.69) is 10.3 Å². The van der Waals surface area contributed by atoms with E-state index in [0.29, 0.717) is 13.1 Å². The van der Waals surface area contributed by atoms with E-state index < -0.39 is 0 Å². The van der Waals surface area contributed by atoms with Crippen molar-refractivity contribution in [3.8, 4) is 0 Å². The van der Waals surface area contributed by atoms with Crippen LogP contribution >= 0.6 is 11.8 Å². The van der Waals surface area contributed by atoms with Gasteiger partial charge in [0.25, 0.3) is 0 Å². The summed E-state index contributed by atoms with van der Waals surface area (Å²) in [6, 6.07) is 7.98. The normalized spacial score (nSPS) is 13.6. The Morgan fingerprint density at radius 2 is 2.09 bits per heavy atom. The Labute approximate surface area is 139 Å². The van der Waals surface area contributed by atoms with E-state index >= 15 is 0 Å². The van der Waals surface area contributed by atoms with Gasteiger partial charge in [-0.3, -0.25) is 4.90 Å². The van der Waals surface area contributed by atoms with Gasteiger partial charge in [0.05, 0.1) is 5.69 Å². The Kier molecular flexibility index (Phi) is 4.52. The van der Waals surface area contributed by atoms with Crippen LogP contribution < -0.4 is 10.2 Å². The SMILES string of the molecule is Cc1cc(C)c2c(n1)SCCN2C(=O)NCc1ccc(F)cc1. The Bertz CT molecular complexity index is 733. The molecule has 1 aromatic carbocycles. The summed E-state index contributed by atoms with van der Waals surface area (Å²) in [5.41, 5.74) is 3.77. The summed E-state index contributed by atoms with van der Waals surface area (Å²) in [6.07, 6.45) is 0. The number of urea groups is 1. The number of fused-ring (bicyclic) bond motifs is 1. The fraction of sp³-hybridized carbons (Fsp3) is 0.294. The van der Waals surface area contributed by atoms with E-state index in [1.807, 2.05) is 19.9 Å². The lowest BCUT2D eigenvalue weighted by Gasteiger charge is -2.30. The van der Waals surface area contributed by atoms with E-state index in [1.54, 1.807) is 28.8 Å². The second kappa shape index (κ2) is 6.58. The lowest BCUT2D eigenvalue weighted by atomic mass is 10.2. The monoisotopic (exact) mass is 331 g/mol. The summed E-state index contributed by atoms with van der Waals surface area (Å²) >= 11 is 1.68. The summed E-state index contributed by atoms with van der Waals surface area (Å²) in [5.74, 6) is 0.548. The van der Waals surface area contributed by atoms with Crippen LogP contribution in [0, 0.1) is 19.7 Å². The van der Waals surface area contributed by atoms with Gasteiger partial charge in [-0.15, -0.1) is 11.8 Å². The highest BCUT2D eigenvalue weighted by Gasteiger charge is 2.25. The number of hydrogen-bond donors (Lipinski definition) is 1. The third kappa shape index (κ3) is 3.47. The first-order valence-corrected chi connectivity index (χ1v) is 8.44. The van der Waals surface area contributed by atoms with Crippen molar-refractivity contribution in [2.45, 2.75) is 25.4 Å². The highest BCUT2D eigenvalue weighted by Crippen LogP contribution is 2.36. The fourth-order valence-corrected chi connectivity index (χ4v) is 3.73. The number of nitrogens with zero attached hydrogens (tertiary/aromatic N) is 2. The van der Waals surface area contributed by atoms with Crippen molar-refractivity contribution in [2.24, 2.45) is 0 Å². The van der Waals surface area contributed by atoms with Crippen molar-refractivity contribution in [2.75, 3.05) is 17.2 Å². The summed E-state index contributed by atoms with van der Waals surface area (Å²) in [7, 11) is 0. The van der Waals surface area contributed by atoms with Gasteiger partial charge in [-0.1, -0.05) is 12.1 Å². The zero-order valence-electron chi connectivity index (χ0n) is 13.1. The van der Waals surface area contributed by atoms with Crippen molar-refractivity contribution < 1.29 is 9.18 Å². The van der Waals surface area contributed by atoms with Gasteiger partial charge in [0.15, 0.2) is 0 Å². The smallest absolute Gasteiger partial charge is 0.322 e. The number of nitrogens with one attached hydrogen (secondary N) is 1. The minimum Gasteiger partial charge on any atom is -0.334 e. The predicted octanol–water partition coefficient (Wildman–Crippen LogP) is 3.66. The summed E-state index contributed by atoms with van der Waals surface area (Å²) in [4.78, 5) is 18.8. The molecule has 0 unspecified atom stereocenters. The third-order valence-corrected chi connectivity index (χ3v) is 4.65. The Morgan fingerprint density at radius 3 is 2.83 bits per heavy atom. The fourth-order valence-electron chi connectivity index (χ4n) is 2.65. The van der Waals surface area contributed by atoms with Gasteiger partial charge in [0, 0.05) is 24.5 Å². The van der Waals surface area contributed by atoms with Crippen LogP contribution in [0.25, 0.3) is 0 Å². The number of hydrogen-bond acceptors (Lipinski definition) is 3. The quantitative estimate of drug-likeness (QED) is 0.913. The summed E-state index contributed by atoms with van der Waals surface area (Å²) < 4.78 is 12.9. The molecule has 2 amide bonds. The summed E-state index contributed by atoms with van der Waals surface area (Å²) in [6.45, 7) is 4.98. The Morgan fingerprint density at radius 1 is 1.35 bits per heavy atom. The molecule has 1 aliphatic heterocycles. The third-order valence-electron chi connectivity index (χ3n) is 3.71. The van der Waals surface area contributed by atoms with Gasteiger partial charge in [-0.2, -0.15) is 0 Å². The Hall–Kier alpha value is -2.08. The molecule has 3 rings (SSSR count). The number of halogens is 1. The molecule has 2 heterocycles. The lowest BCUT2D eigenvalue weighted by molar-refractivity contribution is 0.246. The molecule has 0 saturated carbocycles. The molecule has 0 radical (unpaired) electrons. The zero-order valence-corrected chi connectivity index (χ0v) is 13.9. The van der Waals surface area contributed by atoms with Crippen molar-refractivity contribution in [1.29, 1.82) is 0 Å². The van der Waals surface area contributed by atoms with Gasteiger partial charge in [-0.25, -0.2) is 14.2 Å². The Balaban J connectivity index is 1.75. The molecule has 0 aliphatic carbocycles. The molecule has 4 nitrogen and oxygen atoms in total. The van der Waals surface area contributed by atoms with Gasteiger partial charge < -0.3 is 5.32 Å². The minimum atomic E-state index is -0.279. The number of rotatable bonds is 2. The number of carbonyl (C=O) groups excluding carboxylic acids is 1. The predicted molar refractivity (Wildman–Crippen MR) is 90.4 cm³/mol. The van der Waals surface area contributed by atoms with Crippen molar-refractivity contribution in [3.05, 3.63) is 53.0 Å². The highest BCUT2D eigenvalue weighted by molar-refractivity contribution is 7.99. The van der Waals surface area contributed by atoms with Crippen LogP contribution in [0.3, 0.4) is 0 Å². The van der Waals surface area contributed by atoms with Crippen molar-refractivity contribution >= 4 is 23.5 Å². The zero-order chi connectivity index (χ0) is 16.4. The molecule has 23 heavy (non-hydrogen) atoms. The molecular formula is C17H18FN3OS. The molecular weight excluding hydrogens is 313 g/mol. The molecule has 0 atom stereocenters. The van der Waals surface area contributed by atoms with Gasteiger partial charge in [0.1, 0.15) is 10.8 Å². The maximum atomic E-state index is 12.9. The topological polar surface area (TPSA) is 45.2 Å². The van der Waals surface area contributed by atoms with Crippen LogP contribution in [-0.4, -0.2) is 23.3 Å². The maximum Gasteiger partial charge on any atom is 0.322 e. The first kappa shape index (κ1) is 15.8. The molecule has 0 spiro atoms. The van der Waals surface area contributed by atoms with E-state index in [0.717, 1.165) is 33.3 Å². The average molecular weight is 331 g/mol. The number of thioether (sulfide) groups is 1. The molecule has 2 aromatic rings. The highest BCUT2D eigenvalue weighted by atomic mass is 32.2. The number of amides is 2. The van der Waals surface area contributed by atoms with Gasteiger partial charge in [-0.05, 0) is 43.2 Å². The standard InChI is InChI=1S/C17H18FN3OS/c1-11-9-12(2)20-16-15(11)21(7-8-23-16)17(22)19-10-13-3-5-14(18)6-4-13/h3-6,9H,7-8,10H2,1-2H3,(H,19,22). The number of pyridine rings is 1. The molecule has 0 fully saturated rings. The maximum absolute atomic E-state index is 12.9. The molecule has 1 N–H and O–H groups in total. The van der Waals surface area contributed by atoms with E-state index in [-0.39, 0.29) is 11.8 Å². The number of carbonyl (C=O) groups is 1.